The first-order valence-electron chi connectivity index (χ1n) is 5.80. The minimum absolute atomic E-state index is 0.0490. The van der Waals surface area contributed by atoms with Gasteiger partial charge in [-0.3, -0.25) is 0 Å². The van der Waals surface area contributed by atoms with Gasteiger partial charge < -0.3 is 5.11 Å². The van der Waals surface area contributed by atoms with Gasteiger partial charge in [0.05, 0.1) is 5.02 Å². The van der Waals surface area contributed by atoms with Crippen LogP contribution in [0.1, 0.15) is 28.4 Å². The van der Waals surface area contributed by atoms with E-state index in [2.05, 4.69) is 0 Å². The van der Waals surface area contributed by atoms with E-state index < -0.39 is 11.9 Å². The number of rotatable bonds is 2. The van der Waals surface area contributed by atoms with E-state index >= 15 is 0 Å². The first kappa shape index (κ1) is 14.0. The Morgan fingerprint density at radius 2 is 1.58 bits per heavy atom. The van der Waals surface area contributed by atoms with E-state index in [9.17, 15) is 13.9 Å². The third-order valence-electron chi connectivity index (χ3n) is 3.03. The molecule has 1 nitrogen and oxygen atoms in total. The van der Waals surface area contributed by atoms with Gasteiger partial charge in [-0.05, 0) is 48.2 Å². The smallest absolute Gasteiger partial charge is 0.141 e. The quantitative estimate of drug-likeness (QED) is 0.870. The van der Waals surface area contributed by atoms with Crippen molar-refractivity contribution in [2.45, 2.75) is 20.0 Å². The molecule has 2 aromatic carbocycles. The second-order valence-electron chi connectivity index (χ2n) is 4.54. The van der Waals surface area contributed by atoms with Crippen LogP contribution in [-0.4, -0.2) is 5.11 Å². The zero-order valence-electron chi connectivity index (χ0n) is 10.5. The number of aliphatic hydroxyl groups is 1. The van der Waals surface area contributed by atoms with Crippen molar-refractivity contribution < 1.29 is 13.9 Å². The van der Waals surface area contributed by atoms with Gasteiger partial charge in [-0.15, -0.1) is 0 Å². The molecule has 0 saturated carbocycles. The minimum Gasteiger partial charge on any atom is -0.384 e. The molecule has 0 aliphatic rings. The molecule has 0 spiro atoms. The van der Waals surface area contributed by atoms with Crippen molar-refractivity contribution in [1.82, 2.24) is 0 Å². The largest absolute Gasteiger partial charge is 0.384 e. The second kappa shape index (κ2) is 5.27. The Morgan fingerprint density at radius 3 is 2.11 bits per heavy atom. The lowest BCUT2D eigenvalue weighted by atomic mass is 9.97. The summed E-state index contributed by atoms with van der Waals surface area (Å²) in [6, 6.07) is 7.17. The maximum Gasteiger partial charge on any atom is 0.141 e. The van der Waals surface area contributed by atoms with E-state index in [-0.39, 0.29) is 10.8 Å². The minimum atomic E-state index is -0.962. The van der Waals surface area contributed by atoms with Gasteiger partial charge >= 0.3 is 0 Å². The molecule has 100 valence electrons. The number of hydrogen-bond donors (Lipinski definition) is 1. The number of hydrogen-bond acceptors (Lipinski definition) is 1. The third-order valence-corrected chi connectivity index (χ3v) is 3.32. The van der Waals surface area contributed by atoms with Crippen molar-refractivity contribution in [1.29, 1.82) is 0 Å². The molecule has 1 unspecified atom stereocenters. The maximum absolute atomic E-state index is 13.5. The highest BCUT2D eigenvalue weighted by Gasteiger charge is 2.15. The van der Waals surface area contributed by atoms with Crippen molar-refractivity contribution >= 4 is 11.6 Å². The standard InChI is InChI=1S/C15H13ClF2O/c1-8-5-11(6-9(2)14(8)18)15(19)10-3-4-13(17)12(16)7-10/h3-7,15,19H,1-2H3. The van der Waals surface area contributed by atoms with Gasteiger partial charge in [0.15, 0.2) is 0 Å². The highest BCUT2D eigenvalue weighted by atomic mass is 35.5. The summed E-state index contributed by atoms with van der Waals surface area (Å²) in [6.07, 6.45) is -0.962. The van der Waals surface area contributed by atoms with Gasteiger partial charge in [0.2, 0.25) is 0 Å². The highest BCUT2D eigenvalue weighted by molar-refractivity contribution is 6.30. The van der Waals surface area contributed by atoms with Crippen molar-refractivity contribution in [3.8, 4) is 0 Å². The first-order valence-corrected chi connectivity index (χ1v) is 6.17. The maximum atomic E-state index is 13.5. The lowest BCUT2D eigenvalue weighted by molar-refractivity contribution is 0.220. The average molecular weight is 283 g/mol. The second-order valence-corrected chi connectivity index (χ2v) is 4.95. The Kier molecular flexibility index (Phi) is 3.88. The van der Waals surface area contributed by atoms with Crippen LogP contribution in [-0.2, 0) is 0 Å². The molecule has 0 aliphatic heterocycles. The van der Waals surface area contributed by atoms with Crippen molar-refractivity contribution in [2.24, 2.45) is 0 Å². The van der Waals surface area contributed by atoms with E-state index in [0.29, 0.717) is 22.3 Å². The van der Waals surface area contributed by atoms with Crippen molar-refractivity contribution in [2.75, 3.05) is 0 Å². The lowest BCUT2D eigenvalue weighted by Crippen LogP contribution is -2.02. The number of aliphatic hydroxyl groups excluding tert-OH is 1. The summed E-state index contributed by atoms with van der Waals surface area (Å²) >= 11 is 5.69. The molecule has 19 heavy (non-hydrogen) atoms. The van der Waals surface area contributed by atoms with E-state index in [4.69, 9.17) is 11.6 Å². The summed E-state index contributed by atoms with van der Waals surface area (Å²) in [5.74, 6) is -0.822. The van der Waals surface area contributed by atoms with E-state index in [1.165, 1.54) is 18.2 Å². The van der Waals surface area contributed by atoms with Gasteiger partial charge in [0, 0.05) is 0 Å². The molecule has 0 radical (unpaired) electrons. The van der Waals surface area contributed by atoms with Crippen LogP contribution in [0.4, 0.5) is 8.78 Å². The fourth-order valence-electron chi connectivity index (χ4n) is 2.01. The predicted molar refractivity (Wildman–Crippen MR) is 71.3 cm³/mol. The average Bonchev–Trinajstić information content (AvgIpc) is 2.37. The molecular weight excluding hydrogens is 270 g/mol. The van der Waals surface area contributed by atoms with Crippen molar-refractivity contribution in [3.05, 3.63) is 69.2 Å². The van der Waals surface area contributed by atoms with E-state index in [1.807, 2.05) is 0 Å². The molecule has 4 heteroatoms. The van der Waals surface area contributed by atoms with Crippen LogP contribution < -0.4 is 0 Å². The number of halogens is 3. The zero-order chi connectivity index (χ0) is 14.2. The fraction of sp³-hybridized carbons (Fsp3) is 0.200. The molecule has 2 rings (SSSR count). The van der Waals surface area contributed by atoms with Crippen LogP contribution in [0.15, 0.2) is 30.3 Å². The summed E-state index contributed by atoms with van der Waals surface area (Å²) in [6.45, 7) is 3.27. The van der Waals surface area contributed by atoms with Crippen LogP contribution in [0.2, 0.25) is 5.02 Å². The molecule has 0 saturated heterocycles. The Labute approximate surface area is 115 Å². The Bertz CT molecular complexity index is 603. The molecule has 0 bridgehead atoms. The van der Waals surface area contributed by atoms with Crippen LogP contribution in [0.5, 0.6) is 0 Å². The normalized spacial score (nSPS) is 12.5. The number of benzene rings is 2. The van der Waals surface area contributed by atoms with E-state index in [1.54, 1.807) is 26.0 Å². The SMILES string of the molecule is Cc1cc(C(O)c2ccc(F)c(Cl)c2)cc(C)c1F. The fourth-order valence-corrected chi connectivity index (χ4v) is 2.20. The van der Waals surface area contributed by atoms with Crippen LogP contribution >= 0.6 is 11.6 Å². The topological polar surface area (TPSA) is 20.2 Å². The summed E-state index contributed by atoms with van der Waals surface area (Å²) in [7, 11) is 0. The number of aryl methyl sites for hydroxylation is 2. The zero-order valence-corrected chi connectivity index (χ0v) is 11.3. The monoisotopic (exact) mass is 282 g/mol. The predicted octanol–water partition coefficient (Wildman–Crippen LogP) is 4.32. The Morgan fingerprint density at radius 1 is 1.00 bits per heavy atom. The molecular formula is C15H13ClF2O. The van der Waals surface area contributed by atoms with Gasteiger partial charge in [-0.2, -0.15) is 0 Å². The third kappa shape index (κ3) is 2.77. The molecule has 2 aromatic rings. The van der Waals surface area contributed by atoms with Crippen LogP contribution in [0.25, 0.3) is 0 Å². The summed E-state index contributed by atoms with van der Waals surface area (Å²) < 4.78 is 26.6. The Hall–Kier alpha value is -1.45. The van der Waals surface area contributed by atoms with Gasteiger partial charge in [0.1, 0.15) is 17.7 Å². The van der Waals surface area contributed by atoms with Crippen LogP contribution in [0, 0.1) is 25.5 Å². The Balaban J connectivity index is 2.43. The van der Waals surface area contributed by atoms with Gasteiger partial charge in [-0.1, -0.05) is 29.8 Å². The summed E-state index contributed by atoms with van der Waals surface area (Å²) in [4.78, 5) is 0. The summed E-state index contributed by atoms with van der Waals surface area (Å²) in [5, 5.41) is 10.2. The molecule has 0 aromatic heterocycles. The lowest BCUT2D eigenvalue weighted by Gasteiger charge is -2.14. The van der Waals surface area contributed by atoms with Gasteiger partial charge in [-0.25, -0.2) is 8.78 Å². The van der Waals surface area contributed by atoms with Crippen molar-refractivity contribution in [3.63, 3.8) is 0 Å². The van der Waals surface area contributed by atoms with E-state index in [0.717, 1.165) is 0 Å². The molecule has 1 N–H and O–H groups in total. The molecule has 0 heterocycles. The summed E-state index contributed by atoms with van der Waals surface area (Å²) in [5.41, 5.74) is 1.94. The molecule has 0 amide bonds. The van der Waals surface area contributed by atoms with Gasteiger partial charge in [0.25, 0.3) is 0 Å². The molecule has 0 aliphatic carbocycles. The molecule has 0 fully saturated rings. The molecule has 1 atom stereocenters. The first-order chi connectivity index (χ1) is 8.90. The highest BCUT2D eigenvalue weighted by Crippen LogP contribution is 2.28. The van der Waals surface area contributed by atoms with Crippen LogP contribution in [0.3, 0.4) is 0 Å².